The van der Waals surface area contributed by atoms with Crippen LogP contribution in [-0.4, -0.2) is 85.0 Å². The minimum atomic E-state index is -3.88. The molecule has 12 heteroatoms. The van der Waals surface area contributed by atoms with Crippen molar-refractivity contribution < 1.29 is 44.5 Å². The van der Waals surface area contributed by atoms with Crippen LogP contribution in [0.4, 0.5) is 0 Å². The highest BCUT2D eigenvalue weighted by Crippen LogP contribution is 2.30. The van der Waals surface area contributed by atoms with Crippen LogP contribution in [0, 0.1) is 0 Å². The van der Waals surface area contributed by atoms with Gasteiger partial charge in [-0.1, -0.05) is 0 Å². The Hall–Kier alpha value is -0.340. The maximum absolute atomic E-state index is 11.3. The van der Waals surface area contributed by atoms with Crippen LogP contribution in [0.1, 0.15) is 0 Å². The second-order valence-corrected chi connectivity index (χ2v) is 8.24. The van der Waals surface area contributed by atoms with Crippen molar-refractivity contribution in [3.05, 3.63) is 0 Å². The molecule has 0 bridgehead atoms. The van der Waals surface area contributed by atoms with E-state index in [1.807, 2.05) is 0 Å². The maximum Gasteiger partial charge on any atom is 0.264 e. The van der Waals surface area contributed by atoms with Gasteiger partial charge in [0.15, 0.2) is 6.29 Å². The van der Waals surface area contributed by atoms with Gasteiger partial charge >= 0.3 is 0 Å². The van der Waals surface area contributed by atoms with Gasteiger partial charge in [0.05, 0.1) is 32.3 Å². The summed E-state index contributed by atoms with van der Waals surface area (Å²) in [4.78, 5) is 0. The van der Waals surface area contributed by atoms with Crippen LogP contribution in [-0.2, 0) is 42.8 Å². The van der Waals surface area contributed by atoms with Crippen molar-refractivity contribution in [2.75, 3.05) is 32.3 Å². The third kappa shape index (κ3) is 4.83. The molecule has 0 unspecified atom stereocenters. The molecule has 0 spiro atoms. The number of hydrogen-bond donors (Lipinski definition) is 1. The van der Waals surface area contributed by atoms with Crippen LogP contribution < -0.4 is 0 Å². The van der Waals surface area contributed by atoms with E-state index < -0.39 is 57.5 Å². The van der Waals surface area contributed by atoms with Gasteiger partial charge in [-0.15, -0.1) is 0 Å². The van der Waals surface area contributed by atoms with E-state index >= 15 is 0 Å². The number of rotatable bonds is 6. The summed E-state index contributed by atoms with van der Waals surface area (Å²) in [6.07, 6.45) is -4.07. The normalized spacial score (nSPS) is 34.3. The van der Waals surface area contributed by atoms with E-state index in [1.54, 1.807) is 0 Å². The molecule has 1 N–H and O–H groups in total. The van der Waals surface area contributed by atoms with Crippen molar-refractivity contribution in [2.45, 2.75) is 30.7 Å². The fourth-order valence-electron chi connectivity index (χ4n) is 2.19. The zero-order valence-corrected chi connectivity index (χ0v) is 13.6. The van der Waals surface area contributed by atoms with Gasteiger partial charge in [-0.3, -0.25) is 8.37 Å². The molecule has 130 valence electrons. The van der Waals surface area contributed by atoms with Crippen molar-refractivity contribution in [3.63, 3.8) is 0 Å². The number of aliphatic hydroxyl groups excluding tert-OH is 1. The summed E-state index contributed by atoms with van der Waals surface area (Å²) in [5, 5.41) is 10.1. The fraction of sp³-hybridized carbons (Fsp3) is 1.00. The molecule has 0 saturated carbocycles. The number of aliphatic hydroxyl groups is 1. The number of hydrogen-bond acceptors (Lipinski definition) is 10. The van der Waals surface area contributed by atoms with E-state index in [0.29, 0.717) is 0 Å². The van der Waals surface area contributed by atoms with E-state index in [-0.39, 0.29) is 13.2 Å². The van der Waals surface area contributed by atoms with E-state index in [9.17, 15) is 21.9 Å². The van der Waals surface area contributed by atoms with Gasteiger partial charge in [-0.25, -0.2) is 0 Å². The SMILES string of the molecule is CS(=O)(=O)OC[C@@H]1O[C@@H](C2OCCO2)[C@@H](OS(C)(=O)=O)[C@@H]1O. The van der Waals surface area contributed by atoms with E-state index in [1.165, 1.54) is 0 Å². The van der Waals surface area contributed by atoms with Crippen LogP contribution >= 0.6 is 0 Å². The molecule has 2 saturated heterocycles. The molecule has 22 heavy (non-hydrogen) atoms. The van der Waals surface area contributed by atoms with Crippen molar-refractivity contribution in [1.82, 2.24) is 0 Å². The fourth-order valence-corrected chi connectivity index (χ4v) is 3.20. The Morgan fingerprint density at radius 3 is 2.18 bits per heavy atom. The van der Waals surface area contributed by atoms with E-state index in [2.05, 4.69) is 4.18 Å². The minimum absolute atomic E-state index is 0.288. The van der Waals surface area contributed by atoms with Gasteiger partial charge in [0, 0.05) is 0 Å². The topological polar surface area (TPSA) is 135 Å². The summed E-state index contributed by atoms with van der Waals surface area (Å²) >= 11 is 0. The summed E-state index contributed by atoms with van der Waals surface area (Å²) in [6.45, 7) is 0.0975. The van der Waals surface area contributed by atoms with Crippen molar-refractivity contribution in [2.24, 2.45) is 0 Å². The maximum atomic E-state index is 11.3. The zero-order valence-electron chi connectivity index (χ0n) is 11.9. The highest BCUT2D eigenvalue weighted by molar-refractivity contribution is 7.86. The average Bonchev–Trinajstić information content (AvgIpc) is 2.95. The van der Waals surface area contributed by atoms with Gasteiger partial charge in [-0.05, 0) is 0 Å². The van der Waals surface area contributed by atoms with E-state index in [0.717, 1.165) is 12.5 Å². The first-order valence-corrected chi connectivity index (χ1v) is 9.99. The van der Waals surface area contributed by atoms with Crippen molar-refractivity contribution in [3.8, 4) is 0 Å². The van der Waals surface area contributed by atoms with Crippen LogP contribution in [0.5, 0.6) is 0 Å². The molecule has 0 amide bonds. The quantitative estimate of drug-likeness (QED) is 0.519. The summed E-state index contributed by atoms with van der Waals surface area (Å²) in [6, 6.07) is 0. The second kappa shape index (κ2) is 6.65. The van der Waals surface area contributed by atoms with Crippen LogP contribution in [0.3, 0.4) is 0 Å². The largest absolute Gasteiger partial charge is 0.387 e. The molecule has 2 rings (SSSR count). The van der Waals surface area contributed by atoms with E-state index in [4.69, 9.17) is 18.4 Å². The van der Waals surface area contributed by atoms with Crippen molar-refractivity contribution >= 4 is 20.2 Å². The Bertz CT molecular complexity index is 579. The molecule has 0 radical (unpaired) electrons. The molecule has 10 nitrogen and oxygen atoms in total. The average molecular weight is 362 g/mol. The highest BCUT2D eigenvalue weighted by atomic mass is 32.2. The second-order valence-electron chi connectivity index (χ2n) is 4.99. The Morgan fingerprint density at radius 1 is 1.09 bits per heavy atom. The molecule has 2 aliphatic heterocycles. The molecule has 0 aromatic carbocycles. The molecule has 0 aromatic heterocycles. The monoisotopic (exact) mass is 362 g/mol. The van der Waals surface area contributed by atoms with Crippen LogP contribution in [0.2, 0.25) is 0 Å². The first-order chi connectivity index (χ1) is 10.1. The number of ether oxygens (including phenoxy) is 3. The first-order valence-electron chi connectivity index (χ1n) is 6.36. The minimum Gasteiger partial charge on any atom is -0.387 e. The van der Waals surface area contributed by atoms with Gasteiger partial charge in [0.25, 0.3) is 20.2 Å². The predicted molar refractivity (Wildman–Crippen MR) is 70.9 cm³/mol. The molecular formula is C10H18O10S2. The molecule has 0 aromatic rings. The molecular weight excluding hydrogens is 344 g/mol. The lowest BCUT2D eigenvalue weighted by Gasteiger charge is -2.22. The Kier molecular flexibility index (Phi) is 5.44. The van der Waals surface area contributed by atoms with Crippen LogP contribution in [0.25, 0.3) is 0 Å². The first kappa shape index (κ1) is 18.0. The smallest absolute Gasteiger partial charge is 0.264 e. The predicted octanol–water partition coefficient (Wildman–Crippen LogP) is -2.19. The van der Waals surface area contributed by atoms with Gasteiger partial charge < -0.3 is 19.3 Å². The molecule has 0 aliphatic carbocycles. The third-order valence-corrected chi connectivity index (χ3v) is 4.16. The molecule has 4 atom stereocenters. The zero-order chi connectivity index (χ0) is 16.5. The van der Waals surface area contributed by atoms with Crippen LogP contribution in [0.15, 0.2) is 0 Å². The lowest BCUT2D eigenvalue weighted by molar-refractivity contribution is -0.156. The van der Waals surface area contributed by atoms with Gasteiger partial charge in [0.1, 0.15) is 24.4 Å². The lowest BCUT2D eigenvalue weighted by Crippen LogP contribution is -2.42. The third-order valence-electron chi connectivity index (χ3n) is 3.02. The molecule has 2 heterocycles. The molecule has 2 fully saturated rings. The summed E-state index contributed by atoms with van der Waals surface area (Å²) in [7, 11) is -7.62. The standard InChI is InChI=1S/C10H18O10S2/c1-21(12,13)18-5-6-7(11)8(20-22(2,14)15)9(19-6)10-16-3-4-17-10/h6-11H,3-5H2,1-2H3/t6-,7+,8-,9+/m0/s1. The van der Waals surface area contributed by atoms with Crippen molar-refractivity contribution in [1.29, 1.82) is 0 Å². The van der Waals surface area contributed by atoms with Gasteiger partial charge in [-0.2, -0.15) is 16.8 Å². The van der Waals surface area contributed by atoms with Gasteiger partial charge in [0.2, 0.25) is 0 Å². The Morgan fingerprint density at radius 2 is 1.68 bits per heavy atom. The Labute approximate surface area is 128 Å². The molecule has 2 aliphatic rings. The lowest BCUT2D eigenvalue weighted by atomic mass is 10.1. The summed E-state index contributed by atoms with van der Waals surface area (Å²) < 4.78 is 70.0. The summed E-state index contributed by atoms with van der Waals surface area (Å²) in [5.41, 5.74) is 0. The highest BCUT2D eigenvalue weighted by Gasteiger charge is 2.51. The Balaban J connectivity index is 2.12. The summed E-state index contributed by atoms with van der Waals surface area (Å²) in [5.74, 6) is 0.